The molecule has 1 saturated carbocycles. The summed E-state index contributed by atoms with van der Waals surface area (Å²) in [5.74, 6) is 6.75. The Morgan fingerprint density at radius 3 is 2.87 bits per heavy atom. The van der Waals surface area contributed by atoms with Crippen molar-refractivity contribution in [3.05, 3.63) is 11.9 Å². The average Bonchev–Trinajstić information content (AvgIpc) is 3.18. The quantitative estimate of drug-likeness (QED) is 0.237. The van der Waals surface area contributed by atoms with Crippen molar-refractivity contribution in [1.29, 1.82) is 0 Å². The van der Waals surface area contributed by atoms with Crippen LogP contribution < -0.4 is 11.3 Å². The van der Waals surface area contributed by atoms with Crippen LogP contribution in [-0.4, -0.2) is 56.7 Å². The van der Waals surface area contributed by atoms with Crippen molar-refractivity contribution in [2.45, 2.75) is 71.2 Å². The summed E-state index contributed by atoms with van der Waals surface area (Å²) in [5.41, 5.74) is 2.23. The first-order valence-corrected chi connectivity index (χ1v) is 10.6. The third-order valence-electron chi connectivity index (χ3n) is 6.65. The Bertz CT molecular complexity index is 688. The number of rotatable bonds is 5. The monoisotopic (exact) mass is 427 g/mol. The minimum absolute atomic E-state index is 0.166. The average molecular weight is 428 g/mol. The highest BCUT2D eigenvalue weighted by Crippen LogP contribution is 2.50. The van der Waals surface area contributed by atoms with Crippen LogP contribution in [0.2, 0.25) is 0 Å². The molecule has 0 aromatic carbocycles. The van der Waals surface area contributed by atoms with E-state index in [-0.39, 0.29) is 24.4 Å². The van der Waals surface area contributed by atoms with Crippen LogP contribution in [0.1, 0.15) is 56.4 Å². The standard InChI is InChI=1S/C19H31N5O4.H2O2/c1-11-6-7-13-4-3-5-14-12(2)18(28-19(27-11)16(13)14)26-9-8-24-10-15(22-23-24)17(25)21-20;1-2/h10-14,16,18-19H,3-9,20H2,1-2H3,(H,21,25);1-2H/t11-,12+,13?,14?,16?,18?,19?;/m0./s1. The van der Waals surface area contributed by atoms with Crippen molar-refractivity contribution in [2.24, 2.45) is 29.5 Å². The van der Waals surface area contributed by atoms with Gasteiger partial charge in [-0.05, 0) is 44.4 Å². The molecule has 0 spiro atoms. The Morgan fingerprint density at radius 2 is 2.10 bits per heavy atom. The lowest BCUT2D eigenvalue weighted by Gasteiger charge is -2.50. The fourth-order valence-corrected chi connectivity index (χ4v) is 5.18. The molecule has 0 radical (unpaired) electrons. The number of hydrogen-bond acceptors (Lipinski definition) is 9. The number of hydrogen-bond donors (Lipinski definition) is 4. The molecular weight excluding hydrogens is 394 g/mol. The molecule has 5 unspecified atom stereocenters. The first-order chi connectivity index (χ1) is 14.6. The predicted molar refractivity (Wildman–Crippen MR) is 105 cm³/mol. The Labute approximate surface area is 175 Å². The van der Waals surface area contributed by atoms with E-state index in [0.29, 0.717) is 36.8 Å². The van der Waals surface area contributed by atoms with E-state index in [0.717, 1.165) is 6.42 Å². The molecule has 30 heavy (non-hydrogen) atoms. The Balaban J connectivity index is 0.00000124. The van der Waals surface area contributed by atoms with Crippen molar-refractivity contribution in [1.82, 2.24) is 20.4 Å². The summed E-state index contributed by atoms with van der Waals surface area (Å²) in [5, 5.41) is 19.7. The summed E-state index contributed by atoms with van der Waals surface area (Å²) in [6.07, 6.45) is 7.48. The first-order valence-electron chi connectivity index (χ1n) is 10.6. The third-order valence-corrected chi connectivity index (χ3v) is 6.65. The second-order valence-electron chi connectivity index (χ2n) is 8.40. The topological polar surface area (TPSA) is 154 Å². The second kappa shape index (κ2) is 10.6. The van der Waals surface area contributed by atoms with E-state index in [4.69, 9.17) is 30.6 Å². The molecule has 3 fully saturated rings. The Kier molecular flexibility index (Phi) is 8.14. The van der Waals surface area contributed by atoms with Crippen LogP contribution >= 0.6 is 0 Å². The minimum atomic E-state index is -0.464. The number of nitrogens with zero attached hydrogens (tertiary/aromatic N) is 3. The van der Waals surface area contributed by atoms with E-state index < -0.39 is 5.91 Å². The van der Waals surface area contributed by atoms with Gasteiger partial charge in [-0.25, -0.2) is 10.5 Å². The van der Waals surface area contributed by atoms with Gasteiger partial charge in [0.25, 0.3) is 5.91 Å². The van der Waals surface area contributed by atoms with E-state index in [2.05, 4.69) is 24.2 Å². The number of carbonyl (C=O) groups is 1. The molecule has 2 aliphatic heterocycles. The minimum Gasteiger partial charge on any atom is -0.350 e. The fourth-order valence-electron chi connectivity index (χ4n) is 5.18. The number of ether oxygens (including phenoxy) is 3. The van der Waals surface area contributed by atoms with Crippen LogP contribution in [-0.2, 0) is 20.8 Å². The third kappa shape index (κ3) is 4.98. The summed E-state index contributed by atoms with van der Waals surface area (Å²) >= 11 is 0. The molecule has 1 amide bonds. The lowest BCUT2D eigenvalue weighted by Crippen LogP contribution is -2.52. The molecular formula is C19H33N5O6. The number of amides is 1. The highest BCUT2D eigenvalue weighted by atomic mass is 17.0. The summed E-state index contributed by atoms with van der Waals surface area (Å²) < 4.78 is 20.2. The summed E-state index contributed by atoms with van der Waals surface area (Å²) in [4.78, 5) is 11.5. The number of hydrazine groups is 1. The molecule has 7 atom stereocenters. The van der Waals surface area contributed by atoms with Crippen LogP contribution in [0.15, 0.2) is 6.20 Å². The van der Waals surface area contributed by atoms with Crippen molar-refractivity contribution < 1.29 is 29.5 Å². The Hall–Kier alpha value is -1.63. The maximum Gasteiger partial charge on any atom is 0.287 e. The molecule has 1 aromatic heterocycles. The number of nitrogen functional groups attached to an aromatic ring is 1. The molecule has 11 heteroatoms. The van der Waals surface area contributed by atoms with Crippen molar-refractivity contribution in [2.75, 3.05) is 6.61 Å². The predicted octanol–water partition coefficient (Wildman–Crippen LogP) is 1.47. The van der Waals surface area contributed by atoms with Crippen LogP contribution in [0.3, 0.4) is 0 Å². The molecule has 4 rings (SSSR count). The zero-order valence-electron chi connectivity index (χ0n) is 17.5. The molecule has 3 heterocycles. The van der Waals surface area contributed by atoms with Crippen LogP contribution in [0.4, 0.5) is 0 Å². The van der Waals surface area contributed by atoms with Crippen LogP contribution in [0, 0.1) is 23.7 Å². The van der Waals surface area contributed by atoms with Gasteiger partial charge in [0, 0.05) is 11.8 Å². The zero-order valence-corrected chi connectivity index (χ0v) is 17.5. The van der Waals surface area contributed by atoms with E-state index in [1.807, 2.05) is 5.43 Å². The lowest BCUT2D eigenvalue weighted by molar-refractivity contribution is -0.332. The van der Waals surface area contributed by atoms with E-state index in [1.54, 1.807) is 10.9 Å². The first kappa shape index (κ1) is 23.0. The fraction of sp³-hybridized carbons (Fsp3) is 0.842. The van der Waals surface area contributed by atoms with Gasteiger partial charge in [-0.3, -0.25) is 20.7 Å². The lowest BCUT2D eigenvalue weighted by atomic mass is 9.65. The van der Waals surface area contributed by atoms with Crippen LogP contribution in [0.25, 0.3) is 0 Å². The van der Waals surface area contributed by atoms with Crippen molar-refractivity contribution in [3.63, 3.8) is 0 Å². The molecule has 5 N–H and O–H groups in total. The van der Waals surface area contributed by atoms with Gasteiger partial charge in [0.15, 0.2) is 18.3 Å². The largest absolute Gasteiger partial charge is 0.350 e. The van der Waals surface area contributed by atoms with Gasteiger partial charge < -0.3 is 14.2 Å². The van der Waals surface area contributed by atoms with E-state index in [9.17, 15) is 4.79 Å². The highest BCUT2D eigenvalue weighted by Gasteiger charge is 2.50. The van der Waals surface area contributed by atoms with Crippen LogP contribution in [0.5, 0.6) is 0 Å². The van der Waals surface area contributed by atoms with Gasteiger partial charge >= 0.3 is 0 Å². The van der Waals surface area contributed by atoms with Crippen molar-refractivity contribution in [3.8, 4) is 0 Å². The zero-order chi connectivity index (χ0) is 21.7. The van der Waals surface area contributed by atoms with Gasteiger partial charge in [-0.15, -0.1) is 5.10 Å². The smallest absolute Gasteiger partial charge is 0.287 e. The normalized spacial score (nSPS) is 35.4. The van der Waals surface area contributed by atoms with Gasteiger partial charge in [0.2, 0.25) is 0 Å². The van der Waals surface area contributed by atoms with Gasteiger partial charge in [-0.2, -0.15) is 0 Å². The molecule has 1 aromatic rings. The number of nitrogens with one attached hydrogen (secondary N) is 1. The maximum atomic E-state index is 11.5. The molecule has 0 bridgehead atoms. The van der Waals surface area contributed by atoms with Crippen molar-refractivity contribution >= 4 is 5.91 Å². The number of nitrogens with two attached hydrogens (primary N) is 1. The second-order valence-corrected chi connectivity index (χ2v) is 8.40. The molecule has 2 saturated heterocycles. The van der Waals surface area contributed by atoms with Gasteiger partial charge in [0.05, 0.1) is 25.5 Å². The van der Waals surface area contributed by atoms with Gasteiger partial charge in [-0.1, -0.05) is 18.6 Å². The number of aromatic nitrogens is 3. The van der Waals surface area contributed by atoms with E-state index >= 15 is 0 Å². The molecule has 1 aliphatic carbocycles. The van der Waals surface area contributed by atoms with Gasteiger partial charge in [0.1, 0.15) is 0 Å². The number of carbonyl (C=O) groups excluding carboxylic acids is 1. The molecule has 11 nitrogen and oxygen atoms in total. The summed E-state index contributed by atoms with van der Waals surface area (Å²) in [7, 11) is 0. The Morgan fingerprint density at radius 1 is 1.30 bits per heavy atom. The highest BCUT2D eigenvalue weighted by molar-refractivity contribution is 5.91. The molecule has 3 aliphatic rings. The maximum absolute atomic E-state index is 11.5. The summed E-state index contributed by atoms with van der Waals surface area (Å²) in [6.45, 7) is 5.28. The molecule has 170 valence electrons. The SMILES string of the molecule is C[C@H]1C(OCCn2cc(C(=O)NN)nn2)OC2O[C@@H](C)CCC3CCCC1C32.OO. The summed E-state index contributed by atoms with van der Waals surface area (Å²) in [6, 6.07) is 0. The van der Waals surface area contributed by atoms with E-state index in [1.165, 1.54) is 25.7 Å².